The Balaban J connectivity index is 1.41. The lowest BCUT2D eigenvalue weighted by atomic mass is 10.0. The summed E-state index contributed by atoms with van der Waals surface area (Å²) >= 11 is 1.49. The molecule has 7 nitrogen and oxygen atoms in total. The first kappa shape index (κ1) is 23.1. The molecule has 0 aromatic heterocycles. The molecular formula is C24H23N2O5PS. The number of β-lactam (4-membered cyclic amide) rings is 1. The summed E-state index contributed by atoms with van der Waals surface area (Å²) in [5.74, 6) is 1.71. The lowest BCUT2D eigenvalue weighted by Gasteiger charge is -2.49. The van der Waals surface area contributed by atoms with Gasteiger partial charge in [-0.2, -0.15) is 0 Å². The smallest absolute Gasteiger partial charge is 0.355 e. The van der Waals surface area contributed by atoms with Gasteiger partial charge in [-0.15, -0.1) is 20.6 Å². The van der Waals surface area contributed by atoms with Gasteiger partial charge < -0.3 is 14.8 Å². The molecule has 1 N–H and O–H groups in total. The minimum atomic E-state index is -0.674. The maximum absolute atomic E-state index is 12.9. The summed E-state index contributed by atoms with van der Waals surface area (Å²) in [6.45, 7) is 0.0679. The van der Waals surface area contributed by atoms with E-state index in [1.807, 2.05) is 42.5 Å². The van der Waals surface area contributed by atoms with E-state index < -0.39 is 12.0 Å². The van der Waals surface area contributed by atoms with Crippen LogP contribution >= 0.6 is 20.6 Å². The molecule has 1 saturated heterocycles. The number of hydrogen-bond acceptors (Lipinski definition) is 6. The molecule has 9 heteroatoms. The Morgan fingerprint density at radius 2 is 1.88 bits per heavy atom. The quantitative estimate of drug-likeness (QED) is 0.354. The largest absolute Gasteiger partial charge is 0.497 e. The van der Waals surface area contributed by atoms with E-state index in [2.05, 4.69) is 14.2 Å². The Labute approximate surface area is 198 Å². The van der Waals surface area contributed by atoms with E-state index in [1.165, 1.54) is 16.7 Å². The molecule has 2 heterocycles. The number of thioether (sulfide) groups is 1. The molecule has 2 amide bonds. The average molecular weight is 482 g/mol. The predicted molar refractivity (Wildman–Crippen MR) is 129 cm³/mol. The Hall–Kier alpha value is -3.09. The lowest BCUT2D eigenvalue weighted by Crippen LogP contribution is -2.70. The van der Waals surface area contributed by atoms with Crippen LogP contribution in [0.1, 0.15) is 11.1 Å². The number of hydrogen-bond donors (Lipinski definition) is 1. The van der Waals surface area contributed by atoms with E-state index in [0.29, 0.717) is 17.1 Å². The molecule has 33 heavy (non-hydrogen) atoms. The van der Waals surface area contributed by atoms with Crippen molar-refractivity contribution in [3.8, 4) is 5.75 Å². The van der Waals surface area contributed by atoms with Crippen LogP contribution in [-0.4, -0.2) is 52.8 Å². The fourth-order valence-electron chi connectivity index (χ4n) is 3.69. The molecule has 2 aromatic rings. The first-order valence-corrected chi connectivity index (χ1v) is 12.0. The molecule has 0 radical (unpaired) electrons. The van der Waals surface area contributed by atoms with Crippen molar-refractivity contribution in [2.45, 2.75) is 24.4 Å². The molecule has 1 fully saturated rings. The number of carbonyl (C=O) groups excluding carboxylic acids is 3. The highest BCUT2D eigenvalue weighted by atomic mass is 32.2. The van der Waals surface area contributed by atoms with Gasteiger partial charge >= 0.3 is 5.97 Å². The molecule has 170 valence electrons. The van der Waals surface area contributed by atoms with Crippen LogP contribution in [0.2, 0.25) is 0 Å². The van der Waals surface area contributed by atoms with Crippen molar-refractivity contribution in [2.24, 2.45) is 0 Å². The number of methoxy groups -OCH3 is 1. The highest BCUT2D eigenvalue weighted by molar-refractivity contribution is 8.00. The molecule has 2 unspecified atom stereocenters. The third-order valence-electron chi connectivity index (χ3n) is 5.42. The van der Waals surface area contributed by atoms with E-state index in [-0.39, 0.29) is 35.9 Å². The van der Waals surface area contributed by atoms with Crippen LogP contribution in [0.3, 0.4) is 0 Å². The highest BCUT2D eigenvalue weighted by Gasteiger charge is 2.54. The molecule has 2 aliphatic heterocycles. The van der Waals surface area contributed by atoms with Crippen LogP contribution in [0.25, 0.3) is 0 Å². The van der Waals surface area contributed by atoms with Gasteiger partial charge in [0.05, 0.1) is 13.5 Å². The topological polar surface area (TPSA) is 84.9 Å². The normalized spacial score (nSPS) is 19.3. The SMILES string of the molecule is COc1ccc(COC(=O)C2=C(C=P)CSC3C(NC(=O)Cc4ccccc4)C(=O)N23)cc1. The van der Waals surface area contributed by atoms with Gasteiger partial charge in [0.2, 0.25) is 5.91 Å². The molecule has 2 aromatic carbocycles. The van der Waals surface area contributed by atoms with Crippen LogP contribution in [-0.2, 0) is 32.1 Å². The number of esters is 1. The Morgan fingerprint density at radius 1 is 1.15 bits per heavy atom. The van der Waals surface area contributed by atoms with Crippen molar-refractivity contribution in [3.63, 3.8) is 0 Å². The van der Waals surface area contributed by atoms with Crippen LogP contribution in [0.15, 0.2) is 65.9 Å². The van der Waals surface area contributed by atoms with Gasteiger partial charge in [0.15, 0.2) is 0 Å². The summed E-state index contributed by atoms with van der Waals surface area (Å²) in [6, 6.07) is 15.9. The highest BCUT2D eigenvalue weighted by Crippen LogP contribution is 2.40. The molecule has 0 aliphatic carbocycles. The second-order valence-corrected chi connectivity index (χ2v) is 8.95. The number of amides is 2. The fourth-order valence-corrected chi connectivity index (χ4v) is 5.38. The Morgan fingerprint density at radius 3 is 2.55 bits per heavy atom. The van der Waals surface area contributed by atoms with Crippen LogP contribution in [0.5, 0.6) is 5.75 Å². The molecular weight excluding hydrogens is 459 g/mol. The van der Waals surface area contributed by atoms with Gasteiger partial charge in [-0.05, 0) is 34.6 Å². The Bertz CT molecular complexity index is 1100. The maximum atomic E-state index is 12.9. The van der Waals surface area contributed by atoms with Crippen LogP contribution in [0.4, 0.5) is 0 Å². The predicted octanol–water partition coefficient (Wildman–Crippen LogP) is 2.58. The molecule has 0 saturated carbocycles. The minimum absolute atomic E-state index is 0.0679. The molecule has 0 spiro atoms. The first-order chi connectivity index (χ1) is 16.0. The number of benzene rings is 2. The van der Waals surface area contributed by atoms with Crippen molar-refractivity contribution in [1.82, 2.24) is 10.2 Å². The van der Waals surface area contributed by atoms with Gasteiger partial charge in [0, 0.05) is 5.75 Å². The van der Waals surface area contributed by atoms with E-state index >= 15 is 0 Å². The third-order valence-corrected chi connectivity index (χ3v) is 7.07. The van der Waals surface area contributed by atoms with Crippen molar-refractivity contribution in [1.29, 1.82) is 0 Å². The third kappa shape index (κ3) is 4.97. The van der Waals surface area contributed by atoms with Gasteiger partial charge in [-0.25, -0.2) is 4.79 Å². The zero-order valence-electron chi connectivity index (χ0n) is 17.9. The summed E-state index contributed by atoms with van der Waals surface area (Å²) in [6.07, 6.45) is 0.189. The molecule has 0 bridgehead atoms. The first-order valence-electron chi connectivity index (χ1n) is 10.3. The van der Waals surface area contributed by atoms with Crippen LogP contribution in [0, 0.1) is 0 Å². The van der Waals surface area contributed by atoms with Crippen LogP contribution < -0.4 is 10.1 Å². The van der Waals surface area contributed by atoms with Gasteiger partial charge in [-0.3, -0.25) is 14.5 Å². The number of nitrogens with one attached hydrogen (secondary N) is 1. The van der Waals surface area contributed by atoms with E-state index in [9.17, 15) is 14.4 Å². The number of carbonyl (C=O) groups is 3. The number of rotatable bonds is 8. The number of fused-ring (bicyclic) bond motifs is 1. The van der Waals surface area contributed by atoms with Crippen molar-refractivity contribution in [2.75, 3.05) is 12.9 Å². The van der Waals surface area contributed by atoms with Crippen molar-refractivity contribution in [3.05, 3.63) is 77.0 Å². The summed E-state index contributed by atoms with van der Waals surface area (Å²) in [7, 11) is 4.93. The number of ether oxygens (including phenoxy) is 2. The summed E-state index contributed by atoms with van der Waals surface area (Å²) < 4.78 is 10.6. The second kappa shape index (κ2) is 10.2. The standard InChI is InChI=1S/C24H23N2O5PS/c1-30-18-9-7-16(8-10-18)12-31-24(29)21-17(13-32)14-33-23-20(22(28)26(21)23)25-19(27)11-15-5-3-2-4-6-15/h2-10,13,20,23,32H,11-12,14H2,1H3,(H,25,27). The number of nitrogens with zero attached hydrogens (tertiary/aromatic N) is 1. The lowest BCUT2D eigenvalue weighted by molar-refractivity contribution is -0.153. The summed E-state index contributed by atoms with van der Waals surface area (Å²) in [5.41, 5.74) is 2.54. The zero-order valence-corrected chi connectivity index (χ0v) is 19.8. The van der Waals surface area contributed by atoms with E-state index in [1.54, 1.807) is 25.0 Å². The minimum Gasteiger partial charge on any atom is -0.497 e. The van der Waals surface area contributed by atoms with Gasteiger partial charge in [0.25, 0.3) is 5.91 Å². The summed E-state index contributed by atoms with van der Waals surface area (Å²) in [5, 5.41) is 2.46. The van der Waals surface area contributed by atoms with Gasteiger partial charge in [0.1, 0.15) is 29.5 Å². The average Bonchev–Trinajstić information content (AvgIpc) is 2.85. The summed E-state index contributed by atoms with van der Waals surface area (Å²) in [4.78, 5) is 39.7. The molecule has 2 aliphatic rings. The van der Waals surface area contributed by atoms with Crippen molar-refractivity contribution >= 4 is 44.2 Å². The fraction of sp³-hybridized carbons (Fsp3) is 0.250. The monoisotopic (exact) mass is 482 g/mol. The zero-order chi connectivity index (χ0) is 23.4. The molecule has 4 rings (SSSR count). The van der Waals surface area contributed by atoms with E-state index in [0.717, 1.165) is 11.1 Å². The van der Waals surface area contributed by atoms with Crippen molar-refractivity contribution < 1.29 is 23.9 Å². The van der Waals surface area contributed by atoms with E-state index in [4.69, 9.17) is 9.47 Å². The maximum Gasteiger partial charge on any atom is 0.355 e. The van der Waals surface area contributed by atoms with Gasteiger partial charge in [-0.1, -0.05) is 42.5 Å². The Kier molecular flexibility index (Phi) is 7.16. The molecule has 2 atom stereocenters. The second-order valence-electron chi connectivity index (χ2n) is 7.56.